The Morgan fingerprint density at radius 3 is 3.00 bits per heavy atom. The summed E-state index contributed by atoms with van der Waals surface area (Å²) in [6.07, 6.45) is 2.70. The number of carbonyl (C=O) groups is 1. The summed E-state index contributed by atoms with van der Waals surface area (Å²) in [6, 6.07) is 0. The lowest BCUT2D eigenvalue weighted by Gasteiger charge is -2.27. The van der Waals surface area contributed by atoms with Gasteiger partial charge in [0.2, 0.25) is 0 Å². The SMILES string of the molecule is CC(O)C1CCN(CC2(C=O)CCOC2)C1. The molecule has 3 atom stereocenters. The second-order valence-corrected chi connectivity index (χ2v) is 5.31. The molecule has 2 fully saturated rings. The first-order valence-electron chi connectivity index (χ1n) is 6.10. The van der Waals surface area contributed by atoms with Crippen LogP contribution in [0.5, 0.6) is 0 Å². The Bertz CT molecular complexity index is 249. The number of aldehydes is 1. The summed E-state index contributed by atoms with van der Waals surface area (Å²) < 4.78 is 5.33. The summed E-state index contributed by atoms with van der Waals surface area (Å²) >= 11 is 0. The molecule has 92 valence electrons. The number of likely N-dealkylation sites (tertiary alicyclic amines) is 1. The van der Waals surface area contributed by atoms with Crippen LogP contribution in [0.25, 0.3) is 0 Å². The van der Waals surface area contributed by atoms with Crippen molar-refractivity contribution in [1.82, 2.24) is 4.90 Å². The lowest BCUT2D eigenvalue weighted by Crippen LogP contribution is -2.38. The molecule has 3 unspecified atom stereocenters. The van der Waals surface area contributed by atoms with Gasteiger partial charge in [-0.3, -0.25) is 0 Å². The van der Waals surface area contributed by atoms with Crippen LogP contribution in [0.2, 0.25) is 0 Å². The van der Waals surface area contributed by atoms with Crippen molar-refractivity contribution >= 4 is 6.29 Å². The summed E-state index contributed by atoms with van der Waals surface area (Å²) in [5.74, 6) is 0.367. The summed E-state index contributed by atoms with van der Waals surface area (Å²) in [5, 5.41) is 9.53. The fourth-order valence-corrected chi connectivity index (χ4v) is 2.72. The quantitative estimate of drug-likeness (QED) is 0.702. The molecule has 16 heavy (non-hydrogen) atoms. The highest BCUT2D eigenvalue weighted by Crippen LogP contribution is 2.30. The highest BCUT2D eigenvalue weighted by molar-refractivity contribution is 5.60. The molecule has 0 radical (unpaired) electrons. The van der Waals surface area contributed by atoms with Crippen molar-refractivity contribution in [3.8, 4) is 0 Å². The number of ether oxygens (including phenoxy) is 1. The minimum atomic E-state index is -0.284. The molecule has 0 bridgehead atoms. The van der Waals surface area contributed by atoms with E-state index in [0.717, 1.165) is 38.8 Å². The Labute approximate surface area is 96.6 Å². The minimum Gasteiger partial charge on any atom is -0.393 e. The van der Waals surface area contributed by atoms with E-state index in [1.54, 1.807) is 0 Å². The van der Waals surface area contributed by atoms with E-state index in [0.29, 0.717) is 19.1 Å². The molecule has 0 aliphatic carbocycles. The zero-order valence-corrected chi connectivity index (χ0v) is 9.89. The molecule has 0 aromatic carbocycles. The van der Waals surface area contributed by atoms with Gasteiger partial charge >= 0.3 is 0 Å². The molecule has 0 amide bonds. The number of nitrogens with zero attached hydrogens (tertiary/aromatic N) is 1. The molecule has 2 aliphatic heterocycles. The maximum atomic E-state index is 11.2. The maximum absolute atomic E-state index is 11.2. The molecule has 0 aromatic heterocycles. The zero-order valence-electron chi connectivity index (χ0n) is 9.89. The van der Waals surface area contributed by atoms with E-state index in [4.69, 9.17) is 4.74 Å². The third kappa shape index (κ3) is 2.44. The van der Waals surface area contributed by atoms with Gasteiger partial charge in [-0.25, -0.2) is 0 Å². The maximum Gasteiger partial charge on any atom is 0.129 e. The van der Waals surface area contributed by atoms with Gasteiger partial charge in [0.25, 0.3) is 0 Å². The van der Waals surface area contributed by atoms with Gasteiger partial charge in [0.15, 0.2) is 0 Å². The molecule has 0 aromatic rings. The monoisotopic (exact) mass is 227 g/mol. The van der Waals surface area contributed by atoms with Crippen molar-refractivity contribution in [1.29, 1.82) is 0 Å². The van der Waals surface area contributed by atoms with Crippen LogP contribution in [0.3, 0.4) is 0 Å². The van der Waals surface area contributed by atoms with E-state index >= 15 is 0 Å². The number of rotatable bonds is 4. The molecule has 0 saturated carbocycles. The number of hydrogen-bond donors (Lipinski definition) is 1. The molecular weight excluding hydrogens is 206 g/mol. The smallest absolute Gasteiger partial charge is 0.129 e. The number of aliphatic hydroxyl groups is 1. The van der Waals surface area contributed by atoms with Crippen molar-refractivity contribution in [2.75, 3.05) is 32.8 Å². The van der Waals surface area contributed by atoms with Crippen LogP contribution < -0.4 is 0 Å². The van der Waals surface area contributed by atoms with Gasteiger partial charge in [0.1, 0.15) is 6.29 Å². The van der Waals surface area contributed by atoms with Crippen molar-refractivity contribution < 1.29 is 14.6 Å². The Hall–Kier alpha value is -0.450. The second kappa shape index (κ2) is 4.82. The van der Waals surface area contributed by atoms with E-state index < -0.39 is 0 Å². The van der Waals surface area contributed by atoms with Crippen LogP contribution in [0, 0.1) is 11.3 Å². The third-order valence-corrected chi connectivity index (χ3v) is 3.91. The standard InChI is InChI=1S/C12H21NO3/c1-10(15)11-2-4-13(6-11)7-12(8-14)3-5-16-9-12/h8,10-11,15H,2-7,9H2,1H3. The number of hydrogen-bond acceptors (Lipinski definition) is 4. The van der Waals surface area contributed by atoms with E-state index in [9.17, 15) is 9.90 Å². The highest BCUT2D eigenvalue weighted by Gasteiger charge is 2.38. The van der Waals surface area contributed by atoms with Gasteiger partial charge in [-0.1, -0.05) is 0 Å². The van der Waals surface area contributed by atoms with Gasteiger partial charge in [0, 0.05) is 19.7 Å². The van der Waals surface area contributed by atoms with Crippen LogP contribution in [-0.4, -0.2) is 55.2 Å². The van der Waals surface area contributed by atoms with E-state index in [1.165, 1.54) is 0 Å². The Kier molecular flexibility index (Phi) is 3.62. The molecular formula is C12H21NO3. The lowest BCUT2D eigenvalue weighted by atomic mass is 9.88. The zero-order chi connectivity index (χ0) is 11.6. The van der Waals surface area contributed by atoms with Crippen LogP contribution in [0.15, 0.2) is 0 Å². The second-order valence-electron chi connectivity index (χ2n) is 5.31. The fourth-order valence-electron chi connectivity index (χ4n) is 2.72. The van der Waals surface area contributed by atoms with Crippen LogP contribution in [-0.2, 0) is 9.53 Å². The highest BCUT2D eigenvalue weighted by atomic mass is 16.5. The van der Waals surface area contributed by atoms with Gasteiger partial charge in [0.05, 0.1) is 18.1 Å². The Balaban J connectivity index is 1.88. The van der Waals surface area contributed by atoms with Crippen molar-refractivity contribution in [3.63, 3.8) is 0 Å². The third-order valence-electron chi connectivity index (χ3n) is 3.91. The van der Waals surface area contributed by atoms with Crippen molar-refractivity contribution in [3.05, 3.63) is 0 Å². The first-order valence-corrected chi connectivity index (χ1v) is 6.10. The molecule has 4 heteroatoms. The Morgan fingerprint density at radius 1 is 1.69 bits per heavy atom. The predicted octanol–water partition coefficient (Wildman–Crippen LogP) is 0.295. The molecule has 4 nitrogen and oxygen atoms in total. The summed E-state index contributed by atoms with van der Waals surface area (Å²) in [5.41, 5.74) is -0.284. The van der Waals surface area contributed by atoms with Crippen molar-refractivity contribution in [2.24, 2.45) is 11.3 Å². The summed E-state index contributed by atoms with van der Waals surface area (Å²) in [6.45, 7) is 5.80. The first-order chi connectivity index (χ1) is 7.65. The minimum absolute atomic E-state index is 0.239. The fraction of sp³-hybridized carbons (Fsp3) is 0.917. The molecule has 2 rings (SSSR count). The van der Waals surface area contributed by atoms with E-state index in [-0.39, 0.29) is 11.5 Å². The number of aliphatic hydroxyl groups excluding tert-OH is 1. The number of carbonyl (C=O) groups excluding carboxylic acids is 1. The molecule has 2 saturated heterocycles. The Morgan fingerprint density at radius 2 is 2.50 bits per heavy atom. The van der Waals surface area contributed by atoms with Crippen LogP contribution in [0.4, 0.5) is 0 Å². The molecule has 1 N–H and O–H groups in total. The van der Waals surface area contributed by atoms with Crippen LogP contribution >= 0.6 is 0 Å². The van der Waals surface area contributed by atoms with Crippen LogP contribution in [0.1, 0.15) is 19.8 Å². The van der Waals surface area contributed by atoms with E-state index in [2.05, 4.69) is 4.90 Å². The largest absolute Gasteiger partial charge is 0.393 e. The average molecular weight is 227 g/mol. The predicted molar refractivity (Wildman–Crippen MR) is 60.2 cm³/mol. The normalized spacial score (nSPS) is 37.8. The molecule has 2 heterocycles. The lowest BCUT2D eigenvalue weighted by molar-refractivity contribution is -0.117. The van der Waals surface area contributed by atoms with E-state index in [1.807, 2.05) is 6.92 Å². The molecule has 0 spiro atoms. The first kappa shape index (κ1) is 12.0. The molecule has 2 aliphatic rings. The summed E-state index contributed by atoms with van der Waals surface area (Å²) in [7, 11) is 0. The van der Waals surface area contributed by atoms with Gasteiger partial charge in [-0.05, 0) is 32.2 Å². The average Bonchev–Trinajstić information content (AvgIpc) is 2.88. The van der Waals surface area contributed by atoms with Gasteiger partial charge in [-0.2, -0.15) is 0 Å². The van der Waals surface area contributed by atoms with Crippen molar-refractivity contribution in [2.45, 2.75) is 25.9 Å². The topological polar surface area (TPSA) is 49.8 Å². The summed E-state index contributed by atoms with van der Waals surface area (Å²) in [4.78, 5) is 13.5. The van der Waals surface area contributed by atoms with Gasteiger partial charge in [-0.15, -0.1) is 0 Å². The van der Waals surface area contributed by atoms with Gasteiger partial charge < -0.3 is 19.5 Å².